The Labute approximate surface area is 330 Å². The van der Waals surface area contributed by atoms with Crippen LogP contribution in [0, 0.1) is 0 Å². The second-order valence-corrected chi connectivity index (χ2v) is 22.9. The molecule has 0 unspecified atom stereocenters. The predicted molar refractivity (Wildman–Crippen MR) is 185 cm³/mol. The van der Waals surface area contributed by atoms with Crippen molar-refractivity contribution in [1.29, 1.82) is 0 Å². The van der Waals surface area contributed by atoms with Crippen molar-refractivity contribution >= 4 is 244 Å². The van der Waals surface area contributed by atoms with Crippen molar-refractivity contribution < 1.29 is 0 Å². The third kappa shape index (κ3) is 7.81. The highest BCUT2D eigenvalue weighted by Gasteiger charge is 2.66. The first kappa shape index (κ1) is 42.3. The quantitative estimate of drug-likeness (QED) is 0.239. The zero-order valence-electron chi connectivity index (χ0n) is 18.2. The maximum absolute atomic E-state index is 6.73. The van der Waals surface area contributed by atoms with Crippen molar-refractivity contribution in [2.24, 2.45) is 0 Å². The molecule has 0 aliphatic heterocycles. The Morgan fingerprint density at radius 3 is 0.846 bits per heavy atom. The van der Waals surface area contributed by atoms with Gasteiger partial charge in [-0.1, -0.05) is 257 Å². The lowest BCUT2D eigenvalue weighted by Crippen LogP contribution is -2.49. The van der Waals surface area contributed by atoms with Gasteiger partial charge in [0.2, 0.25) is 24.4 Å². The first-order valence-electron chi connectivity index (χ1n) is 9.32. The van der Waals surface area contributed by atoms with E-state index in [2.05, 4.69) is 0 Å². The standard InChI is InChI=1S/C18H9Cl21/c1-5(2)9-7(11(21,22)14(27,28)17(34,35)36)3-6(10(19,20)13(25,26)16(31,32)33)4-8(9)12(23,24)15(29,30)18(37,38)39/h3-5H,1-2H3. The molecule has 0 bridgehead atoms. The topological polar surface area (TPSA) is 0 Å². The largest absolute Gasteiger partial charge is 0.226 e. The van der Waals surface area contributed by atoms with E-state index in [1.807, 2.05) is 0 Å². The molecule has 0 nitrogen and oxygen atoms in total. The second-order valence-electron chi connectivity index (χ2n) is 8.08. The molecule has 0 fully saturated rings. The minimum absolute atomic E-state index is 0.0568. The van der Waals surface area contributed by atoms with Crippen LogP contribution in [0.3, 0.4) is 0 Å². The van der Waals surface area contributed by atoms with Crippen molar-refractivity contribution in [1.82, 2.24) is 0 Å². The van der Waals surface area contributed by atoms with Gasteiger partial charge >= 0.3 is 0 Å². The van der Waals surface area contributed by atoms with Gasteiger partial charge in [0.1, 0.15) is 0 Å². The summed E-state index contributed by atoms with van der Waals surface area (Å²) in [5, 5.41) is 0. The molecule has 1 aromatic rings. The number of halogens is 21. The van der Waals surface area contributed by atoms with Gasteiger partial charge in [-0.2, -0.15) is 0 Å². The summed E-state index contributed by atoms with van der Waals surface area (Å²) in [6.45, 7) is 3.27. The molecule has 0 spiro atoms. The molecule has 0 radical (unpaired) electrons. The average Bonchev–Trinajstić information content (AvgIpc) is 2.69. The summed E-state index contributed by atoms with van der Waals surface area (Å²) in [5.41, 5.74) is -0.790. The monoisotopic (exact) mass is 959 g/mol. The van der Waals surface area contributed by atoms with Crippen molar-refractivity contribution in [3.63, 3.8) is 0 Å². The molecule has 0 N–H and O–H groups in total. The van der Waals surface area contributed by atoms with Crippen LogP contribution in [-0.2, 0) is 13.0 Å². The van der Waals surface area contributed by atoms with Gasteiger partial charge in [-0.25, -0.2) is 0 Å². The van der Waals surface area contributed by atoms with Gasteiger partial charge < -0.3 is 0 Å². The molecule has 0 amide bonds. The molecule has 228 valence electrons. The molecule has 0 aromatic heterocycles. The van der Waals surface area contributed by atoms with Gasteiger partial charge in [0.05, 0.1) is 0 Å². The van der Waals surface area contributed by atoms with E-state index >= 15 is 0 Å². The smallest absolute Gasteiger partial charge is 0.0930 e. The van der Waals surface area contributed by atoms with Crippen LogP contribution in [-0.4, -0.2) is 24.4 Å². The maximum Gasteiger partial charge on any atom is 0.226 e. The van der Waals surface area contributed by atoms with Gasteiger partial charge in [0.25, 0.3) is 0 Å². The fraction of sp³-hybridized carbons (Fsp3) is 0.667. The van der Waals surface area contributed by atoms with Crippen LogP contribution in [0.5, 0.6) is 0 Å². The Balaban J connectivity index is 4.56. The van der Waals surface area contributed by atoms with Crippen LogP contribution < -0.4 is 0 Å². The van der Waals surface area contributed by atoms with E-state index in [9.17, 15) is 0 Å². The zero-order chi connectivity index (χ0) is 31.8. The van der Waals surface area contributed by atoms with E-state index < -0.39 is 43.3 Å². The molecule has 21 heteroatoms. The van der Waals surface area contributed by atoms with E-state index in [0.29, 0.717) is 0 Å². The summed E-state index contributed by atoms with van der Waals surface area (Å²) in [5.74, 6) is -0.623. The fourth-order valence-electron chi connectivity index (χ4n) is 3.03. The lowest BCUT2D eigenvalue weighted by atomic mass is 9.84. The van der Waals surface area contributed by atoms with Crippen LogP contribution in [0.4, 0.5) is 0 Å². The van der Waals surface area contributed by atoms with Gasteiger partial charge in [-0.3, -0.25) is 0 Å². The van der Waals surface area contributed by atoms with Crippen molar-refractivity contribution in [3.8, 4) is 0 Å². The number of hydrogen-bond donors (Lipinski definition) is 0. The molecule has 0 saturated carbocycles. The predicted octanol–water partition coefficient (Wildman–Crippen LogP) is 15.3. The summed E-state index contributed by atoms with van der Waals surface area (Å²) in [7, 11) is 0. The SMILES string of the molecule is CC(C)c1c(C(Cl)(Cl)C(Cl)(Cl)C(Cl)(Cl)Cl)cc(C(Cl)(Cl)C(Cl)(Cl)C(Cl)(Cl)Cl)cc1C(Cl)(Cl)C(Cl)(Cl)C(Cl)(Cl)Cl. The van der Waals surface area contributed by atoms with E-state index in [1.165, 1.54) is 0 Å². The first-order chi connectivity index (χ1) is 16.7. The minimum atomic E-state index is -2.61. The summed E-state index contributed by atoms with van der Waals surface area (Å²) >= 11 is 133. The lowest BCUT2D eigenvalue weighted by molar-refractivity contribution is 0.642. The molecule has 0 atom stereocenters. The Morgan fingerprint density at radius 1 is 0.410 bits per heavy atom. The Bertz CT molecular complexity index is 991. The first-order valence-corrected chi connectivity index (χ1v) is 17.3. The van der Waals surface area contributed by atoms with Crippen LogP contribution in [0.1, 0.15) is 42.0 Å². The van der Waals surface area contributed by atoms with Gasteiger partial charge in [0, 0.05) is 0 Å². The molecular weight excluding hydrogens is 961 g/mol. The summed E-state index contributed by atoms with van der Waals surface area (Å²) in [6, 6.07) is 2.27. The van der Waals surface area contributed by atoms with Gasteiger partial charge in [-0.15, -0.1) is 0 Å². The number of rotatable bonds is 7. The molecule has 0 aliphatic rings. The van der Waals surface area contributed by atoms with E-state index in [-0.39, 0.29) is 22.3 Å². The molecule has 1 rings (SSSR count). The normalized spacial score (nSPS) is 15.8. The Kier molecular flexibility index (Phi) is 14.5. The van der Waals surface area contributed by atoms with E-state index in [0.717, 1.165) is 12.1 Å². The molecule has 39 heavy (non-hydrogen) atoms. The third-order valence-electron chi connectivity index (χ3n) is 5.05. The summed E-state index contributed by atoms with van der Waals surface area (Å²) in [4.78, 5) is 0. The molecule has 0 saturated heterocycles. The van der Waals surface area contributed by atoms with Crippen LogP contribution in [0.25, 0.3) is 0 Å². The zero-order valence-corrected chi connectivity index (χ0v) is 34.0. The molecule has 1 aromatic carbocycles. The van der Waals surface area contributed by atoms with E-state index in [4.69, 9.17) is 244 Å². The summed E-state index contributed by atoms with van der Waals surface area (Å²) in [6.07, 6.45) is 0. The second kappa shape index (κ2) is 13.3. The average molecular weight is 970 g/mol. The fourth-order valence-corrected chi connectivity index (χ4v) is 7.50. The van der Waals surface area contributed by atoms with Gasteiger partial charge in [-0.05, 0) is 40.3 Å². The van der Waals surface area contributed by atoms with Crippen LogP contribution in [0.2, 0.25) is 0 Å². The van der Waals surface area contributed by atoms with Gasteiger partial charge in [0.15, 0.2) is 13.0 Å². The van der Waals surface area contributed by atoms with Crippen molar-refractivity contribution in [2.75, 3.05) is 0 Å². The third-order valence-corrected chi connectivity index (χ3v) is 16.9. The molecular formula is C18H9Cl21. The highest BCUT2D eigenvalue weighted by atomic mass is 35.6. The number of benzene rings is 1. The number of hydrogen-bond acceptors (Lipinski definition) is 0. The summed E-state index contributed by atoms with van der Waals surface area (Å²) < 4.78 is -23.1. The van der Waals surface area contributed by atoms with Crippen LogP contribution >= 0.6 is 244 Å². The highest BCUT2D eigenvalue weighted by molar-refractivity contribution is 6.80. The Morgan fingerprint density at radius 2 is 0.641 bits per heavy atom. The maximum atomic E-state index is 6.73. The minimum Gasteiger partial charge on any atom is -0.0930 e. The number of alkyl halides is 21. The van der Waals surface area contributed by atoms with Crippen molar-refractivity contribution in [2.45, 2.75) is 57.1 Å². The van der Waals surface area contributed by atoms with E-state index in [1.54, 1.807) is 13.8 Å². The van der Waals surface area contributed by atoms with Crippen molar-refractivity contribution in [3.05, 3.63) is 34.4 Å². The highest BCUT2D eigenvalue weighted by Crippen LogP contribution is 2.67. The lowest BCUT2D eigenvalue weighted by Gasteiger charge is -2.44. The molecule has 0 heterocycles. The van der Waals surface area contributed by atoms with Crippen LogP contribution in [0.15, 0.2) is 12.1 Å². The molecule has 0 aliphatic carbocycles. The Hall–Kier alpha value is 5.31.